The second-order valence-corrected chi connectivity index (χ2v) is 5.50. The van der Waals surface area contributed by atoms with E-state index < -0.39 is 17.5 Å². The third kappa shape index (κ3) is 3.65. The molecule has 0 aromatic heterocycles. The molecule has 114 valence electrons. The number of carboxylic acid groups (broad SMARTS) is 1. The normalized spacial score (nSPS) is 22.6. The average molecular weight is 313 g/mol. The lowest BCUT2D eigenvalue weighted by Gasteiger charge is -2.25. The molecule has 1 aromatic rings. The zero-order chi connectivity index (χ0) is 15.5. The Kier molecular flexibility index (Phi) is 4.69. The van der Waals surface area contributed by atoms with E-state index in [9.17, 15) is 14.7 Å². The molecular weight excluding hydrogens is 296 g/mol. The molecule has 0 saturated carbocycles. The number of hydrogen-bond acceptors (Lipinski definition) is 3. The number of ether oxygens (including phenoxy) is 1. The van der Waals surface area contributed by atoms with Crippen molar-refractivity contribution >= 4 is 23.6 Å². The van der Waals surface area contributed by atoms with Crippen molar-refractivity contribution in [3.05, 3.63) is 34.9 Å². The molecule has 2 unspecified atom stereocenters. The Balaban J connectivity index is 1.97. The molecule has 1 saturated heterocycles. The summed E-state index contributed by atoms with van der Waals surface area (Å²) in [6.07, 6.45) is 0.255. The van der Waals surface area contributed by atoms with Gasteiger partial charge in [0.1, 0.15) is 0 Å². The van der Waals surface area contributed by atoms with Crippen LogP contribution in [-0.4, -0.2) is 35.9 Å². The number of carbonyl (C=O) groups excluding carboxylic acids is 1. The van der Waals surface area contributed by atoms with Gasteiger partial charge in [0.15, 0.2) is 5.54 Å². The van der Waals surface area contributed by atoms with Gasteiger partial charge in [-0.25, -0.2) is 9.59 Å². The lowest BCUT2D eigenvalue weighted by molar-refractivity contribution is -0.144. The number of nitrogens with one attached hydrogen (secondary N) is 2. The summed E-state index contributed by atoms with van der Waals surface area (Å²) in [5, 5.41) is 15.1. The SMILES string of the molecule is CC(NC(=O)NC1(C(=O)O)CCOC1)c1ccc(Cl)cc1. The molecule has 0 spiro atoms. The molecule has 1 aliphatic rings. The van der Waals surface area contributed by atoms with Crippen LogP contribution in [-0.2, 0) is 9.53 Å². The number of benzene rings is 1. The Morgan fingerprint density at radius 2 is 2.05 bits per heavy atom. The van der Waals surface area contributed by atoms with Gasteiger partial charge in [-0.15, -0.1) is 0 Å². The van der Waals surface area contributed by atoms with Crippen molar-refractivity contribution in [1.82, 2.24) is 10.6 Å². The van der Waals surface area contributed by atoms with Gasteiger partial charge in [0, 0.05) is 18.1 Å². The molecule has 21 heavy (non-hydrogen) atoms. The number of carboxylic acids is 1. The second-order valence-electron chi connectivity index (χ2n) is 5.06. The first-order valence-corrected chi connectivity index (χ1v) is 6.96. The zero-order valence-electron chi connectivity index (χ0n) is 11.6. The number of urea groups is 1. The fourth-order valence-corrected chi connectivity index (χ4v) is 2.30. The maximum absolute atomic E-state index is 12.0. The molecule has 0 radical (unpaired) electrons. The van der Waals surface area contributed by atoms with Crippen molar-refractivity contribution in [3.8, 4) is 0 Å². The van der Waals surface area contributed by atoms with E-state index in [1.807, 2.05) is 0 Å². The van der Waals surface area contributed by atoms with Crippen LogP contribution < -0.4 is 10.6 Å². The molecule has 0 aliphatic carbocycles. The highest BCUT2D eigenvalue weighted by atomic mass is 35.5. The molecule has 6 nitrogen and oxygen atoms in total. The summed E-state index contributed by atoms with van der Waals surface area (Å²) >= 11 is 5.81. The van der Waals surface area contributed by atoms with Gasteiger partial charge in [-0.1, -0.05) is 23.7 Å². The second kappa shape index (κ2) is 6.32. The first-order chi connectivity index (χ1) is 9.93. The fraction of sp³-hybridized carbons (Fsp3) is 0.429. The van der Waals surface area contributed by atoms with Crippen LogP contribution in [0.4, 0.5) is 4.79 Å². The molecule has 7 heteroatoms. The van der Waals surface area contributed by atoms with Gasteiger partial charge in [0.05, 0.1) is 12.6 Å². The highest BCUT2D eigenvalue weighted by molar-refractivity contribution is 6.30. The summed E-state index contributed by atoms with van der Waals surface area (Å²) in [7, 11) is 0. The molecular formula is C14H17ClN2O4. The fourth-order valence-electron chi connectivity index (χ4n) is 2.17. The molecule has 2 amide bonds. The number of aliphatic carboxylic acids is 1. The molecule has 1 fully saturated rings. The zero-order valence-corrected chi connectivity index (χ0v) is 12.3. The monoisotopic (exact) mass is 312 g/mol. The number of amides is 2. The van der Waals surface area contributed by atoms with Crippen LogP contribution in [0.3, 0.4) is 0 Å². The summed E-state index contributed by atoms with van der Waals surface area (Å²) < 4.78 is 5.09. The van der Waals surface area contributed by atoms with Crippen molar-refractivity contribution in [3.63, 3.8) is 0 Å². The summed E-state index contributed by atoms with van der Waals surface area (Å²) in [4.78, 5) is 23.3. The lowest BCUT2D eigenvalue weighted by Crippen LogP contribution is -2.57. The third-order valence-electron chi connectivity index (χ3n) is 3.50. The summed E-state index contributed by atoms with van der Waals surface area (Å²) in [6.45, 7) is 2.10. The molecule has 1 heterocycles. The number of carbonyl (C=O) groups is 2. The summed E-state index contributed by atoms with van der Waals surface area (Å²) in [5.41, 5.74) is -0.467. The average Bonchev–Trinajstić information content (AvgIpc) is 2.89. The van der Waals surface area contributed by atoms with E-state index in [0.717, 1.165) is 5.56 Å². The highest BCUT2D eigenvalue weighted by Crippen LogP contribution is 2.20. The first-order valence-electron chi connectivity index (χ1n) is 6.58. The minimum Gasteiger partial charge on any atom is -0.479 e. The van der Waals surface area contributed by atoms with Crippen LogP contribution >= 0.6 is 11.6 Å². The predicted octanol–water partition coefficient (Wildman–Crippen LogP) is 1.94. The Bertz CT molecular complexity index is 526. The van der Waals surface area contributed by atoms with Crippen molar-refractivity contribution in [2.75, 3.05) is 13.2 Å². The predicted molar refractivity (Wildman–Crippen MR) is 77.3 cm³/mol. The third-order valence-corrected chi connectivity index (χ3v) is 3.75. The standard InChI is InChI=1S/C14H17ClN2O4/c1-9(10-2-4-11(15)5-3-10)16-13(20)17-14(12(18)19)6-7-21-8-14/h2-5,9H,6-8H2,1H3,(H,18,19)(H2,16,17,20). The maximum Gasteiger partial charge on any atom is 0.332 e. The van der Waals surface area contributed by atoms with Crippen molar-refractivity contribution in [2.24, 2.45) is 0 Å². The maximum atomic E-state index is 12.0. The number of hydrogen-bond donors (Lipinski definition) is 3. The minimum absolute atomic E-state index is 0.0227. The first kappa shape index (κ1) is 15.6. The van der Waals surface area contributed by atoms with Crippen LogP contribution in [0.2, 0.25) is 5.02 Å². The molecule has 3 N–H and O–H groups in total. The summed E-state index contributed by atoms with van der Waals surface area (Å²) in [6, 6.07) is 6.27. The van der Waals surface area contributed by atoms with Gasteiger partial charge < -0.3 is 20.5 Å². The van der Waals surface area contributed by atoms with Gasteiger partial charge in [-0.2, -0.15) is 0 Å². The van der Waals surface area contributed by atoms with Crippen LogP contribution in [0.5, 0.6) is 0 Å². The van der Waals surface area contributed by atoms with Gasteiger partial charge >= 0.3 is 12.0 Å². The van der Waals surface area contributed by atoms with Crippen molar-refractivity contribution < 1.29 is 19.4 Å². The van der Waals surface area contributed by atoms with Gasteiger partial charge in [-0.3, -0.25) is 0 Å². The Labute approximate surface area is 127 Å². The van der Waals surface area contributed by atoms with Gasteiger partial charge in [-0.05, 0) is 24.6 Å². The quantitative estimate of drug-likeness (QED) is 0.793. The van der Waals surface area contributed by atoms with Crippen LogP contribution in [0.25, 0.3) is 0 Å². The Morgan fingerprint density at radius 1 is 1.38 bits per heavy atom. The van der Waals surface area contributed by atoms with Crippen LogP contribution in [0.1, 0.15) is 24.9 Å². The topological polar surface area (TPSA) is 87.7 Å². The van der Waals surface area contributed by atoms with E-state index in [1.165, 1.54) is 0 Å². The molecule has 2 rings (SSSR count). The van der Waals surface area contributed by atoms with E-state index in [2.05, 4.69) is 10.6 Å². The molecule has 1 aromatic carbocycles. The number of halogens is 1. The van der Waals surface area contributed by atoms with E-state index >= 15 is 0 Å². The number of rotatable bonds is 4. The highest BCUT2D eigenvalue weighted by Gasteiger charge is 2.44. The molecule has 0 bridgehead atoms. The molecule has 2 atom stereocenters. The lowest BCUT2D eigenvalue weighted by atomic mass is 9.99. The Hall–Kier alpha value is -1.79. The van der Waals surface area contributed by atoms with Crippen LogP contribution in [0, 0.1) is 0 Å². The minimum atomic E-state index is -1.34. The summed E-state index contributed by atoms with van der Waals surface area (Å²) in [5.74, 6) is -1.09. The molecule has 1 aliphatic heterocycles. The smallest absolute Gasteiger partial charge is 0.332 e. The van der Waals surface area contributed by atoms with Gasteiger partial charge in [0.25, 0.3) is 0 Å². The Morgan fingerprint density at radius 3 is 2.57 bits per heavy atom. The van der Waals surface area contributed by atoms with Crippen molar-refractivity contribution in [1.29, 1.82) is 0 Å². The van der Waals surface area contributed by atoms with E-state index in [1.54, 1.807) is 31.2 Å². The van der Waals surface area contributed by atoms with Gasteiger partial charge in [0.2, 0.25) is 0 Å². The van der Waals surface area contributed by atoms with Crippen LogP contribution in [0.15, 0.2) is 24.3 Å². The van der Waals surface area contributed by atoms with E-state index in [0.29, 0.717) is 11.6 Å². The van der Waals surface area contributed by atoms with Crippen molar-refractivity contribution in [2.45, 2.75) is 24.9 Å². The van der Waals surface area contributed by atoms with E-state index in [-0.39, 0.29) is 19.1 Å². The largest absolute Gasteiger partial charge is 0.479 e. The van der Waals surface area contributed by atoms with E-state index in [4.69, 9.17) is 16.3 Å².